The van der Waals surface area contributed by atoms with Crippen LogP contribution >= 0.6 is 0 Å². The molecule has 0 spiro atoms. The normalized spacial score (nSPS) is 27.8. The molecule has 0 bridgehead atoms. The molecule has 2 N–H and O–H groups in total. The van der Waals surface area contributed by atoms with Crippen LogP contribution in [0.4, 0.5) is 0 Å². The van der Waals surface area contributed by atoms with E-state index in [1.165, 1.54) is 0 Å². The van der Waals surface area contributed by atoms with Gasteiger partial charge in [0, 0.05) is 32.1 Å². The lowest BCUT2D eigenvalue weighted by molar-refractivity contribution is -0.211. The Morgan fingerprint density at radius 1 is 1.13 bits per heavy atom. The molecular weight excluding hydrogens is 400 g/mol. The van der Waals surface area contributed by atoms with E-state index in [4.69, 9.17) is 19.3 Å². The van der Waals surface area contributed by atoms with E-state index < -0.39 is 18.2 Å². The third-order valence-corrected chi connectivity index (χ3v) is 5.05. The van der Waals surface area contributed by atoms with Crippen molar-refractivity contribution in [3.05, 3.63) is 11.3 Å². The molecule has 0 radical (unpaired) electrons. The maximum atomic E-state index is 11.8. The summed E-state index contributed by atoms with van der Waals surface area (Å²) in [5, 5.41) is 19.0. The van der Waals surface area contributed by atoms with Crippen molar-refractivity contribution in [3.8, 4) is 0 Å². The lowest BCUT2D eigenvalue weighted by Crippen LogP contribution is -2.38. The zero-order valence-electron chi connectivity index (χ0n) is 20.8. The number of esters is 1. The summed E-state index contributed by atoms with van der Waals surface area (Å²) in [7, 11) is 0. The molecule has 31 heavy (non-hydrogen) atoms. The number of hydrogen-bond acceptors (Lipinski definition) is 7. The van der Waals surface area contributed by atoms with Gasteiger partial charge in [0.05, 0.1) is 17.8 Å². The van der Waals surface area contributed by atoms with Crippen molar-refractivity contribution in [3.63, 3.8) is 0 Å². The van der Waals surface area contributed by atoms with Crippen molar-refractivity contribution in [2.45, 2.75) is 112 Å². The average molecular weight is 445 g/mol. The highest BCUT2D eigenvalue weighted by Gasteiger charge is 2.36. The molecule has 7 nitrogen and oxygen atoms in total. The molecule has 7 heteroatoms. The number of aliphatic hydroxyl groups excluding tert-OH is 2. The lowest BCUT2D eigenvalue weighted by Gasteiger charge is -2.35. The first-order chi connectivity index (χ1) is 14.3. The van der Waals surface area contributed by atoms with Crippen LogP contribution in [0.2, 0.25) is 0 Å². The minimum atomic E-state index is -0.985. The summed E-state index contributed by atoms with van der Waals surface area (Å²) in [4.78, 5) is 22.4. The number of aliphatic hydroxyl groups is 2. The average Bonchev–Trinajstić information content (AvgIpc) is 2.65. The van der Waals surface area contributed by atoms with Gasteiger partial charge in [-0.3, -0.25) is 0 Å². The van der Waals surface area contributed by atoms with E-state index in [9.17, 15) is 14.7 Å². The molecule has 2 heterocycles. The molecule has 0 aromatic rings. The maximum Gasteiger partial charge on any atom is 0.340 e. The largest absolute Gasteiger partial charge is 0.456 e. The summed E-state index contributed by atoms with van der Waals surface area (Å²) in [6.45, 7) is 16.8. The van der Waals surface area contributed by atoms with Crippen LogP contribution in [-0.2, 0) is 23.8 Å². The summed E-state index contributed by atoms with van der Waals surface area (Å²) in [5.41, 5.74) is 0.437. The molecule has 2 aliphatic heterocycles. The van der Waals surface area contributed by atoms with Gasteiger partial charge in [-0.1, -0.05) is 34.6 Å². The zero-order chi connectivity index (χ0) is 24.4. The van der Waals surface area contributed by atoms with Gasteiger partial charge in [-0.05, 0) is 39.0 Å². The fourth-order valence-corrected chi connectivity index (χ4v) is 3.72. The van der Waals surface area contributed by atoms with E-state index in [-0.39, 0.29) is 23.9 Å². The number of rotatable bonds is 6. The summed E-state index contributed by atoms with van der Waals surface area (Å²) in [6.07, 6.45) is 2.68. The SMILES string of the molecule is CC.CC1=C([C@H](C)C[C@H](O)C[C@@H](C)C=O)OC(C)(C)OC1=O.C[C@H]1C[C@@H](C)O[C@@H](O)C1. The van der Waals surface area contributed by atoms with Gasteiger partial charge in [-0.15, -0.1) is 0 Å². The molecule has 0 aliphatic carbocycles. The second-order valence-electron chi connectivity index (χ2n) is 9.00. The van der Waals surface area contributed by atoms with Gasteiger partial charge in [0.2, 0.25) is 5.79 Å². The van der Waals surface area contributed by atoms with Crippen LogP contribution in [0, 0.1) is 17.8 Å². The van der Waals surface area contributed by atoms with Crippen LogP contribution in [0.15, 0.2) is 11.3 Å². The van der Waals surface area contributed by atoms with Crippen LogP contribution < -0.4 is 0 Å². The number of allylic oxidation sites excluding steroid dienone is 1. The third kappa shape index (κ3) is 11.1. The van der Waals surface area contributed by atoms with Gasteiger partial charge in [0.15, 0.2) is 6.29 Å². The smallest absolute Gasteiger partial charge is 0.340 e. The van der Waals surface area contributed by atoms with E-state index in [2.05, 4.69) is 6.92 Å². The van der Waals surface area contributed by atoms with Crippen LogP contribution in [0.5, 0.6) is 0 Å². The number of carbonyl (C=O) groups is 2. The minimum Gasteiger partial charge on any atom is -0.456 e. The van der Waals surface area contributed by atoms with Crippen LogP contribution in [0.3, 0.4) is 0 Å². The predicted octanol–water partition coefficient (Wildman–Crippen LogP) is 4.35. The van der Waals surface area contributed by atoms with Gasteiger partial charge in [-0.25, -0.2) is 4.79 Å². The first-order valence-corrected chi connectivity index (χ1v) is 11.4. The number of ether oxygens (including phenoxy) is 3. The Morgan fingerprint density at radius 2 is 1.71 bits per heavy atom. The fraction of sp³-hybridized carbons (Fsp3) is 0.833. The van der Waals surface area contributed by atoms with Crippen molar-refractivity contribution < 1.29 is 34.0 Å². The first-order valence-electron chi connectivity index (χ1n) is 11.4. The van der Waals surface area contributed by atoms with Gasteiger partial charge < -0.3 is 29.2 Å². The zero-order valence-corrected chi connectivity index (χ0v) is 20.8. The standard InChI is InChI=1S/C15H24O5.C7H14O2.C2H6/c1-9(8-16)6-12(17)7-10(2)13-11(3)14(18)20-15(4,5)19-13;1-5-3-6(2)9-7(8)4-5;1-2/h8-10,12,17H,6-7H2,1-5H3;5-8H,3-4H2,1-2H3;1-2H3/t9-,10-,12-;5-,6+,7+;/m10./s1. The Labute approximate surface area is 188 Å². The van der Waals surface area contributed by atoms with Crippen molar-refractivity contribution in [2.75, 3.05) is 0 Å². The third-order valence-electron chi connectivity index (χ3n) is 5.05. The van der Waals surface area contributed by atoms with Gasteiger partial charge in [0.25, 0.3) is 0 Å². The molecule has 0 aromatic carbocycles. The Morgan fingerprint density at radius 3 is 2.19 bits per heavy atom. The number of cyclic esters (lactones) is 1. The maximum absolute atomic E-state index is 11.8. The Balaban J connectivity index is 0.000000679. The van der Waals surface area contributed by atoms with E-state index in [1.807, 2.05) is 27.7 Å². The minimum absolute atomic E-state index is 0.115. The highest BCUT2D eigenvalue weighted by atomic mass is 16.7. The van der Waals surface area contributed by atoms with Crippen molar-refractivity contribution in [1.29, 1.82) is 0 Å². The summed E-state index contributed by atoms with van der Waals surface area (Å²) >= 11 is 0. The molecular formula is C24H44O7. The molecule has 0 saturated carbocycles. The molecule has 0 unspecified atom stereocenters. The van der Waals surface area contributed by atoms with Crippen molar-refractivity contribution in [2.24, 2.45) is 17.8 Å². The molecule has 0 amide bonds. The Kier molecular flexibility index (Phi) is 13.2. The van der Waals surface area contributed by atoms with Gasteiger partial charge >= 0.3 is 5.97 Å². The van der Waals surface area contributed by atoms with E-state index in [1.54, 1.807) is 27.7 Å². The number of carbonyl (C=O) groups excluding carboxylic acids is 2. The van der Waals surface area contributed by atoms with Gasteiger partial charge in [-0.2, -0.15) is 0 Å². The molecule has 1 fully saturated rings. The topological polar surface area (TPSA) is 102 Å². The summed E-state index contributed by atoms with van der Waals surface area (Å²) < 4.78 is 15.9. The van der Waals surface area contributed by atoms with Crippen LogP contribution in [0.1, 0.15) is 88.0 Å². The fourth-order valence-electron chi connectivity index (χ4n) is 3.72. The van der Waals surface area contributed by atoms with Crippen molar-refractivity contribution >= 4 is 12.3 Å². The van der Waals surface area contributed by atoms with E-state index >= 15 is 0 Å². The predicted molar refractivity (Wildman–Crippen MR) is 120 cm³/mol. The molecule has 0 aromatic heterocycles. The lowest BCUT2D eigenvalue weighted by atomic mass is 9.93. The quantitative estimate of drug-likeness (QED) is 0.464. The van der Waals surface area contributed by atoms with Crippen LogP contribution in [-0.4, -0.2) is 46.8 Å². The van der Waals surface area contributed by atoms with E-state index in [0.29, 0.717) is 30.1 Å². The van der Waals surface area contributed by atoms with Crippen LogP contribution in [0.25, 0.3) is 0 Å². The van der Waals surface area contributed by atoms with Gasteiger partial charge in [0.1, 0.15) is 12.0 Å². The molecule has 6 atom stereocenters. The molecule has 1 saturated heterocycles. The Bertz CT molecular complexity index is 559. The van der Waals surface area contributed by atoms with Crippen molar-refractivity contribution in [1.82, 2.24) is 0 Å². The summed E-state index contributed by atoms with van der Waals surface area (Å²) in [5.74, 6) is -0.495. The summed E-state index contributed by atoms with van der Waals surface area (Å²) in [6, 6.07) is 0. The first kappa shape index (κ1) is 29.6. The Hall–Kier alpha value is -1.44. The second-order valence-corrected chi connectivity index (χ2v) is 9.00. The highest BCUT2D eigenvalue weighted by molar-refractivity contribution is 5.89. The molecule has 2 aliphatic rings. The monoisotopic (exact) mass is 444 g/mol. The number of hydrogen-bond donors (Lipinski definition) is 2. The number of aldehydes is 1. The second kappa shape index (κ2) is 13.9. The van der Waals surface area contributed by atoms with E-state index in [0.717, 1.165) is 19.1 Å². The molecule has 2 rings (SSSR count). The highest BCUT2D eigenvalue weighted by Crippen LogP contribution is 2.33. The molecule has 182 valence electrons.